The number of anilines is 1. The van der Waals surface area contributed by atoms with E-state index in [4.69, 9.17) is 0 Å². The number of nitro groups is 1. The molecular formula is C20H25N3O2. The molecule has 3 rings (SSSR count). The minimum Gasteiger partial charge on any atom is -0.369 e. The van der Waals surface area contributed by atoms with Crippen LogP contribution in [0, 0.1) is 10.1 Å². The number of nitro benzene ring substituents is 1. The highest BCUT2D eigenvalue weighted by molar-refractivity contribution is 5.51. The number of nitrogens with zero attached hydrogens (tertiary/aromatic N) is 3. The number of non-ortho nitro benzene ring substituents is 1. The first kappa shape index (κ1) is 17.4. The molecule has 5 heteroatoms. The molecule has 0 radical (unpaired) electrons. The van der Waals surface area contributed by atoms with Gasteiger partial charge in [-0.2, -0.15) is 0 Å². The molecule has 2 aromatic rings. The lowest BCUT2D eigenvalue weighted by atomic mass is 9.97. The molecule has 0 saturated carbocycles. The summed E-state index contributed by atoms with van der Waals surface area (Å²) in [6, 6.07) is 17.6. The van der Waals surface area contributed by atoms with E-state index in [9.17, 15) is 10.1 Å². The lowest BCUT2D eigenvalue weighted by Gasteiger charge is -2.36. The van der Waals surface area contributed by atoms with Gasteiger partial charge in [-0.1, -0.05) is 37.3 Å². The van der Waals surface area contributed by atoms with Gasteiger partial charge in [-0.15, -0.1) is 0 Å². The van der Waals surface area contributed by atoms with Crippen LogP contribution in [0.5, 0.6) is 0 Å². The van der Waals surface area contributed by atoms with Gasteiger partial charge in [-0.05, 0) is 36.6 Å². The van der Waals surface area contributed by atoms with Crippen LogP contribution in [0.25, 0.3) is 0 Å². The minimum absolute atomic E-state index is 0.150. The van der Waals surface area contributed by atoms with Crippen molar-refractivity contribution in [2.24, 2.45) is 0 Å². The zero-order valence-electron chi connectivity index (χ0n) is 14.7. The third-order valence-corrected chi connectivity index (χ3v) is 5.04. The van der Waals surface area contributed by atoms with Gasteiger partial charge in [0.15, 0.2) is 0 Å². The maximum absolute atomic E-state index is 10.7. The van der Waals surface area contributed by atoms with E-state index in [-0.39, 0.29) is 10.6 Å². The van der Waals surface area contributed by atoms with Crippen molar-refractivity contribution in [2.75, 3.05) is 37.6 Å². The lowest BCUT2D eigenvalue weighted by molar-refractivity contribution is -0.384. The van der Waals surface area contributed by atoms with E-state index in [1.807, 2.05) is 12.1 Å². The number of rotatable bonds is 6. The highest BCUT2D eigenvalue weighted by Gasteiger charge is 2.18. The molecule has 1 unspecified atom stereocenters. The van der Waals surface area contributed by atoms with Gasteiger partial charge in [0.2, 0.25) is 0 Å². The summed E-state index contributed by atoms with van der Waals surface area (Å²) >= 11 is 0. The Morgan fingerprint density at radius 2 is 1.64 bits per heavy atom. The first-order chi connectivity index (χ1) is 12.1. The summed E-state index contributed by atoms with van der Waals surface area (Å²) in [7, 11) is 0. The Kier molecular flexibility index (Phi) is 5.66. The lowest BCUT2D eigenvalue weighted by Crippen LogP contribution is -2.46. The molecule has 0 aliphatic carbocycles. The van der Waals surface area contributed by atoms with Gasteiger partial charge < -0.3 is 4.90 Å². The van der Waals surface area contributed by atoms with Crippen molar-refractivity contribution in [3.63, 3.8) is 0 Å². The van der Waals surface area contributed by atoms with Gasteiger partial charge in [0.1, 0.15) is 0 Å². The van der Waals surface area contributed by atoms with E-state index in [1.165, 1.54) is 12.0 Å². The van der Waals surface area contributed by atoms with Crippen molar-refractivity contribution >= 4 is 11.4 Å². The van der Waals surface area contributed by atoms with Gasteiger partial charge in [-0.25, -0.2) is 0 Å². The average Bonchev–Trinajstić information content (AvgIpc) is 2.67. The Hall–Kier alpha value is -2.40. The second-order valence-corrected chi connectivity index (χ2v) is 6.70. The minimum atomic E-state index is -0.352. The maximum Gasteiger partial charge on any atom is 0.269 e. The molecule has 0 amide bonds. The molecule has 0 bridgehead atoms. The summed E-state index contributed by atoms with van der Waals surface area (Å²) in [5, 5.41) is 10.7. The molecule has 1 saturated heterocycles. The molecular weight excluding hydrogens is 314 g/mol. The highest BCUT2D eigenvalue weighted by atomic mass is 16.6. The van der Waals surface area contributed by atoms with Gasteiger partial charge >= 0.3 is 0 Å². The van der Waals surface area contributed by atoms with E-state index >= 15 is 0 Å². The number of hydrogen-bond acceptors (Lipinski definition) is 4. The summed E-state index contributed by atoms with van der Waals surface area (Å²) < 4.78 is 0. The predicted octanol–water partition coefficient (Wildman–Crippen LogP) is 3.91. The maximum atomic E-state index is 10.7. The first-order valence-electron chi connectivity index (χ1n) is 8.90. The molecule has 0 aromatic heterocycles. The highest BCUT2D eigenvalue weighted by Crippen LogP contribution is 2.22. The average molecular weight is 339 g/mol. The smallest absolute Gasteiger partial charge is 0.269 e. The zero-order valence-corrected chi connectivity index (χ0v) is 14.7. The second-order valence-electron chi connectivity index (χ2n) is 6.70. The molecule has 0 N–H and O–H groups in total. The van der Waals surface area contributed by atoms with Crippen LogP contribution in [0.15, 0.2) is 54.6 Å². The summed E-state index contributed by atoms with van der Waals surface area (Å²) in [5.74, 6) is 0.578. The summed E-state index contributed by atoms with van der Waals surface area (Å²) in [5.41, 5.74) is 2.63. The fraction of sp³-hybridized carbons (Fsp3) is 0.400. The number of hydrogen-bond donors (Lipinski definition) is 0. The topological polar surface area (TPSA) is 49.6 Å². The molecule has 1 aliphatic heterocycles. The van der Waals surface area contributed by atoms with Crippen LogP contribution in [0.3, 0.4) is 0 Å². The Morgan fingerprint density at radius 1 is 1.00 bits per heavy atom. The quantitative estimate of drug-likeness (QED) is 0.591. The van der Waals surface area contributed by atoms with Gasteiger partial charge in [0.05, 0.1) is 4.92 Å². The zero-order chi connectivity index (χ0) is 17.6. The van der Waals surface area contributed by atoms with Crippen LogP contribution in [0.2, 0.25) is 0 Å². The molecule has 132 valence electrons. The molecule has 1 atom stereocenters. The van der Waals surface area contributed by atoms with Crippen LogP contribution >= 0.6 is 0 Å². The van der Waals surface area contributed by atoms with E-state index in [0.717, 1.165) is 38.4 Å². The fourth-order valence-corrected chi connectivity index (χ4v) is 3.34. The molecule has 5 nitrogen and oxygen atoms in total. The van der Waals surface area contributed by atoms with Crippen LogP contribution in [0.1, 0.15) is 24.8 Å². The number of piperazine rings is 1. The molecule has 1 heterocycles. The van der Waals surface area contributed by atoms with Crippen molar-refractivity contribution in [1.29, 1.82) is 0 Å². The van der Waals surface area contributed by atoms with Crippen LogP contribution in [-0.4, -0.2) is 42.5 Å². The normalized spacial score (nSPS) is 16.6. The monoisotopic (exact) mass is 339 g/mol. The van der Waals surface area contributed by atoms with Crippen molar-refractivity contribution < 1.29 is 4.92 Å². The van der Waals surface area contributed by atoms with Gasteiger partial charge in [0.25, 0.3) is 5.69 Å². The van der Waals surface area contributed by atoms with E-state index in [2.05, 4.69) is 47.1 Å². The Balaban J connectivity index is 1.46. The third-order valence-electron chi connectivity index (χ3n) is 5.04. The van der Waals surface area contributed by atoms with Crippen LogP contribution in [0.4, 0.5) is 11.4 Å². The molecule has 1 fully saturated rings. The van der Waals surface area contributed by atoms with E-state index in [1.54, 1.807) is 12.1 Å². The van der Waals surface area contributed by atoms with Crippen molar-refractivity contribution in [3.8, 4) is 0 Å². The molecule has 0 spiro atoms. The second kappa shape index (κ2) is 8.12. The summed E-state index contributed by atoms with van der Waals surface area (Å²) in [6.45, 7) is 7.43. The number of benzene rings is 2. The first-order valence-corrected chi connectivity index (χ1v) is 8.90. The molecule has 2 aromatic carbocycles. The molecule has 1 aliphatic rings. The third kappa shape index (κ3) is 4.57. The van der Waals surface area contributed by atoms with Gasteiger partial charge in [-0.3, -0.25) is 15.0 Å². The Morgan fingerprint density at radius 3 is 2.24 bits per heavy atom. The predicted molar refractivity (Wildman–Crippen MR) is 101 cm³/mol. The summed E-state index contributed by atoms with van der Waals surface area (Å²) in [6.07, 6.45) is 1.17. The standard InChI is InChI=1S/C20H25N3O2/c1-17(18-5-3-2-4-6-18)11-12-21-13-15-22(16-14-21)19-7-9-20(10-8-19)23(24)25/h2-10,17H,11-16H2,1H3. The SMILES string of the molecule is CC(CCN1CCN(c2ccc([N+](=O)[O-])cc2)CC1)c1ccccc1. The Bertz CT molecular complexity index is 680. The van der Waals surface area contributed by atoms with E-state index in [0.29, 0.717) is 5.92 Å². The largest absolute Gasteiger partial charge is 0.369 e. The van der Waals surface area contributed by atoms with Crippen molar-refractivity contribution in [3.05, 3.63) is 70.3 Å². The van der Waals surface area contributed by atoms with Crippen LogP contribution in [-0.2, 0) is 0 Å². The van der Waals surface area contributed by atoms with Crippen molar-refractivity contribution in [1.82, 2.24) is 4.90 Å². The Labute approximate surface area is 149 Å². The van der Waals surface area contributed by atoms with Gasteiger partial charge in [0, 0.05) is 44.0 Å². The van der Waals surface area contributed by atoms with Crippen LogP contribution < -0.4 is 4.90 Å². The molecule has 25 heavy (non-hydrogen) atoms. The summed E-state index contributed by atoms with van der Waals surface area (Å²) in [4.78, 5) is 15.2. The van der Waals surface area contributed by atoms with Crippen molar-refractivity contribution in [2.45, 2.75) is 19.3 Å². The van der Waals surface area contributed by atoms with E-state index < -0.39 is 0 Å². The fourth-order valence-electron chi connectivity index (χ4n) is 3.34.